The molecule has 0 radical (unpaired) electrons. The molecule has 88 valence electrons. The van der Waals surface area contributed by atoms with Crippen molar-refractivity contribution in [2.75, 3.05) is 0 Å². The minimum absolute atomic E-state index is 0.0155. The number of pyridine rings is 1. The van der Waals surface area contributed by atoms with Crippen LogP contribution in [-0.2, 0) is 11.3 Å². The summed E-state index contributed by atoms with van der Waals surface area (Å²) in [6, 6.07) is 2.78. The number of hydrogen-bond acceptors (Lipinski definition) is 3. The molecule has 0 aromatic carbocycles. The molecule has 0 aliphatic heterocycles. The number of halogens is 1. The lowest BCUT2D eigenvalue weighted by molar-refractivity contribution is 0.0522. The SMILES string of the molecule is CC(C)(C)OC(=O)NCc1ncccc1F. The van der Waals surface area contributed by atoms with E-state index in [0.717, 1.165) is 0 Å². The van der Waals surface area contributed by atoms with Crippen molar-refractivity contribution in [3.63, 3.8) is 0 Å². The van der Waals surface area contributed by atoms with Gasteiger partial charge in [0.25, 0.3) is 0 Å². The lowest BCUT2D eigenvalue weighted by atomic mass is 10.2. The van der Waals surface area contributed by atoms with Crippen LogP contribution in [0.1, 0.15) is 26.5 Å². The molecule has 1 aromatic heterocycles. The number of aromatic nitrogens is 1. The van der Waals surface area contributed by atoms with E-state index in [1.807, 2.05) is 0 Å². The fourth-order valence-corrected chi connectivity index (χ4v) is 1.02. The monoisotopic (exact) mass is 226 g/mol. The van der Waals surface area contributed by atoms with Gasteiger partial charge in [-0.25, -0.2) is 9.18 Å². The van der Waals surface area contributed by atoms with Crippen molar-refractivity contribution in [2.45, 2.75) is 32.9 Å². The Morgan fingerprint density at radius 3 is 2.81 bits per heavy atom. The Balaban J connectivity index is 2.47. The number of carbonyl (C=O) groups excluding carboxylic acids is 1. The first-order valence-corrected chi connectivity index (χ1v) is 4.95. The molecule has 1 N–H and O–H groups in total. The molecule has 0 saturated heterocycles. The number of rotatable bonds is 2. The number of carbonyl (C=O) groups is 1. The van der Waals surface area contributed by atoms with E-state index in [-0.39, 0.29) is 12.2 Å². The van der Waals surface area contributed by atoms with Crippen molar-refractivity contribution < 1.29 is 13.9 Å². The topological polar surface area (TPSA) is 51.2 Å². The Kier molecular flexibility index (Phi) is 3.82. The second kappa shape index (κ2) is 4.92. The molecule has 0 atom stereocenters. The third-order valence-electron chi connectivity index (χ3n) is 1.63. The number of nitrogens with one attached hydrogen (secondary N) is 1. The fraction of sp³-hybridized carbons (Fsp3) is 0.455. The van der Waals surface area contributed by atoms with Crippen molar-refractivity contribution in [1.82, 2.24) is 10.3 Å². The largest absolute Gasteiger partial charge is 0.444 e. The van der Waals surface area contributed by atoms with Crippen LogP contribution >= 0.6 is 0 Å². The van der Waals surface area contributed by atoms with Gasteiger partial charge in [0, 0.05) is 6.20 Å². The third kappa shape index (κ3) is 4.25. The van der Waals surface area contributed by atoms with Gasteiger partial charge in [0.05, 0.1) is 12.2 Å². The van der Waals surface area contributed by atoms with Gasteiger partial charge in [0.15, 0.2) is 0 Å². The first-order chi connectivity index (χ1) is 7.38. The molecule has 16 heavy (non-hydrogen) atoms. The summed E-state index contributed by atoms with van der Waals surface area (Å²) in [6.45, 7) is 5.29. The third-order valence-corrected chi connectivity index (χ3v) is 1.63. The Bertz CT molecular complexity index is 374. The first kappa shape index (κ1) is 12.4. The summed E-state index contributed by atoms with van der Waals surface area (Å²) in [4.78, 5) is 15.1. The zero-order valence-corrected chi connectivity index (χ0v) is 9.58. The number of alkyl carbamates (subject to hydrolysis) is 1. The standard InChI is InChI=1S/C11H15FN2O2/c1-11(2,3)16-10(15)14-7-9-8(12)5-4-6-13-9/h4-6H,7H2,1-3H3,(H,14,15). The smallest absolute Gasteiger partial charge is 0.407 e. The van der Waals surface area contributed by atoms with E-state index in [1.54, 1.807) is 20.8 Å². The minimum atomic E-state index is -0.586. The minimum Gasteiger partial charge on any atom is -0.444 e. The van der Waals surface area contributed by atoms with Crippen LogP contribution in [-0.4, -0.2) is 16.7 Å². The molecular weight excluding hydrogens is 211 g/mol. The molecule has 1 aromatic rings. The summed E-state index contributed by atoms with van der Waals surface area (Å²) in [7, 11) is 0. The van der Waals surface area contributed by atoms with Crippen LogP contribution in [0.15, 0.2) is 18.3 Å². The van der Waals surface area contributed by atoms with Crippen LogP contribution < -0.4 is 5.32 Å². The summed E-state index contributed by atoms with van der Waals surface area (Å²) in [5, 5.41) is 2.43. The average Bonchev–Trinajstić information content (AvgIpc) is 2.14. The summed E-state index contributed by atoms with van der Waals surface area (Å²) < 4.78 is 18.1. The average molecular weight is 226 g/mol. The van der Waals surface area contributed by atoms with Crippen LogP contribution in [0.4, 0.5) is 9.18 Å². The Morgan fingerprint density at radius 2 is 2.25 bits per heavy atom. The first-order valence-electron chi connectivity index (χ1n) is 4.95. The zero-order chi connectivity index (χ0) is 12.2. The molecule has 0 saturated carbocycles. The van der Waals surface area contributed by atoms with Gasteiger partial charge in [-0.2, -0.15) is 0 Å². The molecule has 1 rings (SSSR count). The molecule has 0 aliphatic carbocycles. The highest BCUT2D eigenvalue weighted by Crippen LogP contribution is 2.07. The predicted octanol–water partition coefficient (Wildman–Crippen LogP) is 2.25. The quantitative estimate of drug-likeness (QED) is 0.841. The molecule has 0 unspecified atom stereocenters. The number of hydrogen-bond donors (Lipinski definition) is 1. The van der Waals surface area contributed by atoms with Gasteiger partial charge in [0.2, 0.25) is 0 Å². The molecule has 0 fully saturated rings. The maximum atomic E-state index is 13.1. The molecule has 5 heteroatoms. The summed E-state index contributed by atoms with van der Waals surface area (Å²) >= 11 is 0. The van der Waals surface area contributed by atoms with Gasteiger partial charge in [-0.3, -0.25) is 4.98 Å². The Hall–Kier alpha value is -1.65. The van der Waals surface area contributed by atoms with Crippen molar-refractivity contribution in [1.29, 1.82) is 0 Å². The van der Waals surface area contributed by atoms with Gasteiger partial charge in [-0.15, -0.1) is 0 Å². The van der Waals surface area contributed by atoms with E-state index in [0.29, 0.717) is 0 Å². The molecule has 1 heterocycles. The van der Waals surface area contributed by atoms with Gasteiger partial charge in [-0.05, 0) is 32.9 Å². The lowest BCUT2D eigenvalue weighted by Gasteiger charge is -2.19. The van der Waals surface area contributed by atoms with E-state index in [1.165, 1.54) is 18.3 Å². The molecular formula is C11H15FN2O2. The summed E-state index contributed by atoms with van der Waals surface area (Å²) in [6.07, 6.45) is 0.882. The number of nitrogens with zero attached hydrogens (tertiary/aromatic N) is 1. The van der Waals surface area contributed by atoms with Gasteiger partial charge >= 0.3 is 6.09 Å². The van der Waals surface area contributed by atoms with Crippen molar-refractivity contribution >= 4 is 6.09 Å². The second-order valence-electron chi connectivity index (χ2n) is 4.29. The van der Waals surface area contributed by atoms with Crippen LogP contribution in [0.2, 0.25) is 0 Å². The van der Waals surface area contributed by atoms with Crippen LogP contribution in [0.3, 0.4) is 0 Å². The normalized spacial score (nSPS) is 11.0. The van der Waals surface area contributed by atoms with Crippen LogP contribution in [0.25, 0.3) is 0 Å². The van der Waals surface area contributed by atoms with Gasteiger partial charge in [-0.1, -0.05) is 0 Å². The molecule has 1 amide bonds. The van der Waals surface area contributed by atoms with Crippen LogP contribution in [0.5, 0.6) is 0 Å². The van der Waals surface area contributed by atoms with Crippen molar-refractivity contribution in [3.05, 3.63) is 29.8 Å². The highest BCUT2D eigenvalue weighted by molar-refractivity contribution is 5.67. The van der Waals surface area contributed by atoms with Crippen molar-refractivity contribution in [2.24, 2.45) is 0 Å². The Morgan fingerprint density at radius 1 is 1.56 bits per heavy atom. The van der Waals surface area contributed by atoms with Crippen molar-refractivity contribution in [3.8, 4) is 0 Å². The maximum absolute atomic E-state index is 13.1. The van der Waals surface area contributed by atoms with Gasteiger partial charge in [0.1, 0.15) is 11.4 Å². The summed E-state index contributed by atoms with van der Waals surface area (Å²) in [5.41, 5.74) is -0.374. The lowest BCUT2D eigenvalue weighted by Crippen LogP contribution is -2.32. The van der Waals surface area contributed by atoms with Crippen LogP contribution in [0, 0.1) is 5.82 Å². The van der Waals surface area contributed by atoms with E-state index < -0.39 is 17.5 Å². The van der Waals surface area contributed by atoms with E-state index in [4.69, 9.17) is 4.74 Å². The summed E-state index contributed by atoms with van der Waals surface area (Å²) in [5.74, 6) is -0.446. The molecule has 4 nitrogen and oxygen atoms in total. The maximum Gasteiger partial charge on any atom is 0.407 e. The highest BCUT2D eigenvalue weighted by atomic mass is 19.1. The zero-order valence-electron chi connectivity index (χ0n) is 9.58. The van der Waals surface area contributed by atoms with E-state index in [2.05, 4.69) is 10.3 Å². The fourth-order valence-electron chi connectivity index (χ4n) is 1.02. The molecule has 0 spiro atoms. The predicted molar refractivity (Wildman–Crippen MR) is 57.3 cm³/mol. The second-order valence-corrected chi connectivity index (χ2v) is 4.29. The number of ether oxygens (including phenoxy) is 1. The van der Waals surface area contributed by atoms with E-state index >= 15 is 0 Å². The van der Waals surface area contributed by atoms with Gasteiger partial charge < -0.3 is 10.1 Å². The molecule has 0 aliphatic rings. The number of amides is 1. The molecule has 0 bridgehead atoms. The Labute approximate surface area is 93.8 Å². The highest BCUT2D eigenvalue weighted by Gasteiger charge is 2.16. The van der Waals surface area contributed by atoms with E-state index in [9.17, 15) is 9.18 Å².